The van der Waals surface area contributed by atoms with Crippen LogP contribution in [0.5, 0.6) is 0 Å². The average Bonchev–Trinajstić information content (AvgIpc) is 3.58. The summed E-state index contributed by atoms with van der Waals surface area (Å²) in [5, 5.41) is 12.3. The molecule has 2 heterocycles. The first-order chi connectivity index (χ1) is 16.0. The zero-order chi connectivity index (χ0) is 22.9. The van der Waals surface area contributed by atoms with Gasteiger partial charge >= 0.3 is 0 Å². The molecule has 6 rings (SSSR count). The number of thiophene rings is 1. The fourth-order valence-electron chi connectivity index (χ4n) is 4.25. The third-order valence-electron chi connectivity index (χ3n) is 5.76. The molecular weight excluding hydrogens is 619 g/mol. The van der Waals surface area contributed by atoms with Gasteiger partial charge in [-0.05, 0) is 60.7 Å². The second-order valence-corrected chi connectivity index (χ2v) is 9.48. The monoisotopic (exact) mass is 643 g/mol. The van der Waals surface area contributed by atoms with Crippen molar-refractivity contribution in [1.29, 1.82) is 0 Å². The first kappa shape index (κ1) is 24.3. The largest absolute Gasteiger partial charge is 0.512 e. The van der Waals surface area contributed by atoms with Crippen LogP contribution in [0.1, 0.15) is 38.2 Å². The molecule has 0 saturated heterocycles. The number of allylic oxidation sites excluding steroid dienone is 2. The number of benzene rings is 3. The molecule has 3 nitrogen and oxygen atoms in total. The molecule has 0 aliphatic heterocycles. The minimum atomic E-state index is -0.125. The van der Waals surface area contributed by atoms with Crippen LogP contribution in [0.2, 0.25) is 0 Å². The Morgan fingerprint density at radius 2 is 1.74 bits per heavy atom. The van der Waals surface area contributed by atoms with Crippen LogP contribution in [-0.4, -0.2) is 15.9 Å². The molecule has 0 atom stereocenters. The maximum atomic E-state index is 10.0. The van der Waals surface area contributed by atoms with E-state index in [4.69, 9.17) is 10.1 Å². The number of aliphatic hydroxyl groups is 1. The van der Waals surface area contributed by atoms with E-state index in [-0.39, 0.29) is 31.6 Å². The van der Waals surface area contributed by atoms with Crippen LogP contribution in [0, 0.1) is 6.07 Å². The van der Waals surface area contributed by atoms with Gasteiger partial charge < -0.3 is 5.11 Å². The van der Waals surface area contributed by atoms with Gasteiger partial charge in [0, 0.05) is 41.0 Å². The number of rotatable bonds is 3. The number of aliphatic hydroxyl groups excluding tert-OH is 1. The Hall–Kier alpha value is -2.85. The Balaban J connectivity index is 0.000000303. The Bertz CT molecular complexity index is 1510. The Morgan fingerprint density at radius 3 is 2.38 bits per heavy atom. The number of carbonyl (C=O) groups is 1. The van der Waals surface area contributed by atoms with Gasteiger partial charge in [-0.15, -0.1) is 47.2 Å². The molecule has 5 heteroatoms. The topological polar surface area (TPSA) is 50.2 Å². The minimum absolute atomic E-state index is 0. The van der Waals surface area contributed by atoms with E-state index in [1.54, 1.807) is 0 Å². The molecule has 2 aromatic heterocycles. The molecule has 0 bridgehead atoms. The number of hydrogen-bond donors (Lipinski definition) is 1. The van der Waals surface area contributed by atoms with Crippen molar-refractivity contribution in [2.45, 2.75) is 32.6 Å². The summed E-state index contributed by atoms with van der Waals surface area (Å²) in [7, 11) is 0. The van der Waals surface area contributed by atoms with Crippen molar-refractivity contribution in [2.24, 2.45) is 0 Å². The third-order valence-corrected chi connectivity index (χ3v) is 7.05. The van der Waals surface area contributed by atoms with Crippen molar-refractivity contribution in [2.75, 3.05) is 0 Å². The fraction of sp³-hybridized carbons (Fsp3) is 0.172. The van der Waals surface area contributed by atoms with Crippen molar-refractivity contribution in [3.8, 4) is 11.3 Å². The summed E-state index contributed by atoms with van der Waals surface area (Å²) in [6.45, 7) is 2.85. The number of aromatic nitrogens is 1. The molecule has 0 amide bonds. The van der Waals surface area contributed by atoms with Crippen LogP contribution in [0.3, 0.4) is 0 Å². The van der Waals surface area contributed by atoms with Crippen molar-refractivity contribution in [1.82, 2.24) is 4.98 Å². The summed E-state index contributed by atoms with van der Waals surface area (Å²) < 4.78 is 2.80. The van der Waals surface area contributed by atoms with Gasteiger partial charge in [-0.3, -0.25) is 9.78 Å². The number of ketones is 1. The van der Waals surface area contributed by atoms with Crippen LogP contribution in [0.25, 0.3) is 42.3 Å². The molecular formula is C29H24IrNO2S-. The summed E-state index contributed by atoms with van der Waals surface area (Å²) >= 11 is 1.94. The SMILES string of the molecule is CC(=O)/C=C(/C)O.[Ir].[c-]1ccccc1-c1nc2ccccc2c2sc3c(C4CC4)cccc3c12. The van der Waals surface area contributed by atoms with Crippen LogP contribution >= 0.6 is 11.3 Å². The molecule has 1 N–H and O–H groups in total. The van der Waals surface area contributed by atoms with E-state index < -0.39 is 0 Å². The number of nitrogens with zero attached hydrogens (tertiary/aromatic N) is 1. The molecule has 0 spiro atoms. The van der Waals surface area contributed by atoms with E-state index in [1.165, 1.54) is 63.9 Å². The molecule has 5 aromatic rings. The molecule has 1 aliphatic carbocycles. The maximum absolute atomic E-state index is 10.0. The fourth-order valence-corrected chi connectivity index (χ4v) is 5.68. The van der Waals surface area contributed by atoms with Gasteiger partial charge in [-0.25, -0.2) is 0 Å². The molecule has 173 valence electrons. The molecule has 34 heavy (non-hydrogen) atoms. The predicted octanol–water partition coefficient (Wildman–Crippen LogP) is 7.98. The van der Waals surface area contributed by atoms with Crippen molar-refractivity contribution in [3.05, 3.63) is 90.2 Å². The van der Waals surface area contributed by atoms with Gasteiger partial charge in [0.05, 0.1) is 11.3 Å². The maximum Gasteiger partial charge on any atom is 0.155 e. The Labute approximate surface area is 216 Å². The van der Waals surface area contributed by atoms with Crippen molar-refractivity contribution >= 4 is 48.2 Å². The zero-order valence-corrected chi connectivity index (χ0v) is 22.2. The molecule has 3 aromatic carbocycles. The summed E-state index contributed by atoms with van der Waals surface area (Å²) in [5.74, 6) is 0.685. The summed E-state index contributed by atoms with van der Waals surface area (Å²) in [6.07, 6.45) is 3.82. The number of pyridine rings is 1. The summed E-state index contributed by atoms with van der Waals surface area (Å²) in [6, 6.07) is 26.9. The number of carbonyl (C=O) groups excluding carboxylic acids is 1. The first-order valence-electron chi connectivity index (χ1n) is 11.1. The number of hydrogen-bond acceptors (Lipinski definition) is 4. The van der Waals surface area contributed by atoms with E-state index in [9.17, 15) is 4.79 Å². The average molecular weight is 643 g/mol. The quantitative estimate of drug-likeness (QED) is 0.123. The Morgan fingerprint density at radius 1 is 1.00 bits per heavy atom. The van der Waals surface area contributed by atoms with Crippen molar-refractivity contribution in [3.63, 3.8) is 0 Å². The summed E-state index contributed by atoms with van der Waals surface area (Å²) in [5.41, 5.74) is 4.71. The van der Waals surface area contributed by atoms with E-state index in [1.807, 2.05) is 23.5 Å². The van der Waals surface area contributed by atoms with E-state index in [2.05, 4.69) is 60.7 Å². The van der Waals surface area contributed by atoms with Gasteiger partial charge in [-0.2, -0.15) is 0 Å². The zero-order valence-electron chi connectivity index (χ0n) is 19.0. The molecule has 1 radical (unpaired) electrons. The standard InChI is InChI=1S/C24H16NS.C5H8O2.Ir/c1-2-7-16(8-3-1)22-21-19-11-6-10-17(15-13-14-15)23(19)26-24(21)18-9-4-5-12-20(18)25-22;1-4(6)3-5(2)7;/h1-7,9-12,15H,13-14H2;3,6H,1-2H3;/q-1;;/b;4-3-;. The summed E-state index contributed by atoms with van der Waals surface area (Å²) in [4.78, 5) is 15.1. The minimum Gasteiger partial charge on any atom is -0.512 e. The van der Waals surface area contributed by atoms with Gasteiger partial charge in [0.25, 0.3) is 0 Å². The third kappa shape index (κ3) is 4.83. The van der Waals surface area contributed by atoms with Crippen molar-refractivity contribution < 1.29 is 30.0 Å². The predicted molar refractivity (Wildman–Crippen MR) is 138 cm³/mol. The normalized spacial score (nSPS) is 13.4. The molecule has 1 aliphatic rings. The van der Waals surface area contributed by atoms with Crippen LogP contribution in [0.4, 0.5) is 0 Å². The first-order valence-corrected chi connectivity index (χ1v) is 11.9. The van der Waals surface area contributed by atoms with E-state index in [0.29, 0.717) is 0 Å². The molecule has 1 saturated carbocycles. The van der Waals surface area contributed by atoms with Gasteiger partial charge in [0.15, 0.2) is 5.78 Å². The van der Waals surface area contributed by atoms with Gasteiger partial charge in [-0.1, -0.05) is 36.4 Å². The van der Waals surface area contributed by atoms with Crippen LogP contribution in [-0.2, 0) is 24.9 Å². The van der Waals surface area contributed by atoms with Crippen LogP contribution in [0.15, 0.2) is 78.6 Å². The van der Waals surface area contributed by atoms with E-state index in [0.717, 1.165) is 22.7 Å². The van der Waals surface area contributed by atoms with Gasteiger partial charge in [0.2, 0.25) is 0 Å². The van der Waals surface area contributed by atoms with Crippen LogP contribution < -0.4 is 0 Å². The second-order valence-electron chi connectivity index (χ2n) is 8.45. The van der Waals surface area contributed by atoms with E-state index >= 15 is 0 Å². The van der Waals surface area contributed by atoms with Gasteiger partial charge in [0.1, 0.15) is 0 Å². The smallest absolute Gasteiger partial charge is 0.155 e. The number of fused-ring (bicyclic) bond motifs is 5. The Kier molecular flexibility index (Phi) is 7.27. The molecule has 0 unspecified atom stereocenters. The molecule has 1 fully saturated rings. The number of para-hydroxylation sites is 1. The second kappa shape index (κ2) is 10.2.